The summed E-state index contributed by atoms with van der Waals surface area (Å²) in [4.78, 5) is 21.2. The van der Waals surface area contributed by atoms with Gasteiger partial charge in [0, 0.05) is 5.57 Å². The zero-order valence-corrected chi connectivity index (χ0v) is 12.7. The molecule has 0 amide bonds. The lowest BCUT2D eigenvalue weighted by molar-refractivity contribution is -0.140. The van der Waals surface area contributed by atoms with Gasteiger partial charge in [-0.1, -0.05) is 36.9 Å². The molecule has 0 aliphatic rings. The van der Waals surface area contributed by atoms with Gasteiger partial charge in [-0.2, -0.15) is 0 Å². The average molecular weight is 314 g/mol. The van der Waals surface area contributed by atoms with Crippen LogP contribution < -0.4 is 0 Å². The van der Waals surface area contributed by atoms with Crippen LogP contribution in [0.25, 0.3) is 0 Å². The predicted octanol–water partition coefficient (Wildman–Crippen LogP) is 3.40. The lowest BCUT2D eigenvalue weighted by Gasteiger charge is -2.04. The first kappa shape index (κ1) is 18.0. The van der Waals surface area contributed by atoms with Crippen molar-refractivity contribution in [2.45, 2.75) is 13.5 Å². The number of phenolic OH excluding ortho intramolecular Hbond substituents is 1. The Morgan fingerprint density at radius 1 is 1.09 bits per heavy atom. The number of carbonyl (C=O) groups excluding carboxylic acids is 1. The van der Waals surface area contributed by atoms with Gasteiger partial charge in [-0.25, -0.2) is 9.59 Å². The van der Waals surface area contributed by atoms with Crippen LogP contribution in [0.3, 0.4) is 0 Å². The van der Waals surface area contributed by atoms with E-state index in [-0.39, 0.29) is 12.4 Å². The fourth-order valence-corrected chi connectivity index (χ4v) is 1.50. The van der Waals surface area contributed by atoms with Gasteiger partial charge in [0.1, 0.15) is 12.4 Å². The molecule has 0 atom stereocenters. The molecule has 5 heteroatoms. The van der Waals surface area contributed by atoms with Gasteiger partial charge in [0.15, 0.2) is 0 Å². The van der Waals surface area contributed by atoms with Crippen LogP contribution >= 0.6 is 0 Å². The highest BCUT2D eigenvalue weighted by Crippen LogP contribution is 2.12. The summed E-state index contributed by atoms with van der Waals surface area (Å²) in [6.45, 7) is 5.20. The van der Waals surface area contributed by atoms with E-state index in [9.17, 15) is 9.59 Å². The average Bonchev–Trinajstić information content (AvgIpc) is 2.54. The van der Waals surface area contributed by atoms with E-state index >= 15 is 0 Å². The molecule has 0 aliphatic heterocycles. The van der Waals surface area contributed by atoms with Gasteiger partial charge in [0.05, 0.1) is 5.56 Å². The van der Waals surface area contributed by atoms with Crippen molar-refractivity contribution >= 4 is 11.9 Å². The zero-order chi connectivity index (χ0) is 17.2. The lowest BCUT2D eigenvalue weighted by atomic mass is 10.2. The third-order valence-corrected chi connectivity index (χ3v) is 2.65. The fraction of sp³-hybridized carbons (Fsp3) is 0.111. The monoisotopic (exact) mass is 314 g/mol. The summed E-state index contributed by atoms with van der Waals surface area (Å²) in [7, 11) is 0. The van der Waals surface area contributed by atoms with Gasteiger partial charge in [-0.3, -0.25) is 0 Å². The minimum atomic E-state index is -0.879. The van der Waals surface area contributed by atoms with Crippen LogP contribution in [0.2, 0.25) is 0 Å². The van der Waals surface area contributed by atoms with Gasteiger partial charge in [-0.05, 0) is 36.8 Å². The van der Waals surface area contributed by atoms with Crippen LogP contribution in [0.15, 0.2) is 66.7 Å². The molecule has 120 valence electrons. The fourth-order valence-electron chi connectivity index (χ4n) is 1.50. The number of rotatable bonds is 4. The summed E-state index contributed by atoms with van der Waals surface area (Å²) in [5.74, 6) is -1.14. The summed E-state index contributed by atoms with van der Waals surface area (Å²) >= 11 is 0. The highest BCUT2D eigenvalue weighted by Gasteiger charge is 2.03. The van der Waals surface area contributed by atoms with Crippen molar-refractivity contribution in [3.05, 3.63) is 77.9 Å². The van der Waals surface area contributed by atoms with E-state index in [0.29, 0.717) is 11.1 Å². The Morgan fingerprint density at radius 2 is 1.74 bits per heavy atom. The normalized spacial score (nSPS) is 9.26. The van der Waals surface area contributed by atoms with E-state index in [0.717, 1.165) is 5.56 Å². The Bertz CT molecular complexity index is 677. The maximum Gasteiger partial charge on any atom is 0.335 e. The smallest absolute Gasteiger partial charge is 0.335 e. The van der Waals surface area contributed by atoms with Gasteiger partial charge in [0.25, 0.3) is 0 Å². The van der Waals surface area contributed by atoms with E-state index in [1.54, 1.807) is 61.5 Å². The van der Waals surface area contributed by atoms with E-state index in [1.165, 1.54) is 0 Å². The van der Waals surface area contributed by atoms with E-state index < -0.39 is 11.9 Å². The summed E-state index contributed by atoms with van der Waals surface area (Å²) in [5, 5.41) is 17.5. The summed E-state index contributed by atoms with van der Waals surface area (Å²) < 4.78 is 4.89. The van der Waals surface area contributed by atoms with E-state index in [4.69, 9.17) is 14.9 Å². The van der Waals surface area contributed by atoms with Crippen molar-refractivity contribution in [3.8, 4) is 5.75 Å². The molecule has 0 saturated heterocycles. The molecule has 0 spiro atoms. The number of hydrogen-bond acceptors (Lipinski definition) is 4. The highest BCUT2D eigenvalue weighted by molar-refractivity contribution is 5.87. The number of carboxylic acids is 1. The summed E-state index contributed by atoms with van der Waals surface area (Å²) in [5.41, 5.74) is 1.45. The molecule has 0 bridgehead atoms. The van der Waals surface area contributed by atoms with Crippen LogP contribution in [-0.2, 0) is 16.1 Å². The maximum atomic E-state index is 11.0. The number of aromatic hydroxyl groups is 1. The van der Waals surface area contributed by atoms with Crippen molar-refractivity contribution in [2.24, 2.45) is 0 Å². The summed E-state index contributed by atoms with van der Waals surface area (Å²) in [6.07, 6.45) is 0. The molecular formula is C18H18O5. The van der Waals surface area contributed by atoms with Gasteiger partial charge >= 0.3 is 11.9 Å². The first-order chi connectivity index (χ1) is 10.9. The minimum absolute atomic E-state index is 0.153. The first-order valence-corrected chi connectivity index (χ1v) is 6.79. The third kappa shape index (κ3) is 6.95. The predicted molar refractivity (Wildman–Crippen MR) is 86.1 cm³/mol. The Balaban J connectivity index is 0.000000253. The molecule has 0 unspecified atom stereocenters. The molecule has 2 N–H and O–H groups in total. The van der Waals surface area contributed by atoms with Crippen molar-refractivity contribution < 1.29 is 24.5 Å². The topological polar surface area (TPSA) is 83.8 Å². The maximum absolute atomic E-state index is 11.0. The number of phenols is 1. The number of hydrogen-bond donors (Lipinski definition) is 2. The number of ether oxygens (including phenoxy) is 1. The quantitative estimate of drug-likeness (QED) is 0.667. The number of carboxylic acid groups (broad SMARTS) is 1. The Labute approximate surface area is 134 Å². The first-order valence-electron chi connectivity index (χ1n) is 6.79. The largest absolute Gasteiger partial charge is 0.508 e. The molecule has 2 rings (SSSR count). The third-order valence-electron chi connectivity index (χ3n) is 2.65. The minimum Gasteiger partial charge on any atom is -0.508 e. The second-order valence-electron chi connectivity index (χ2n) is 4.70. The van der Waals surface area contributed by atoms with Crippen molar-refractivity contribution in [3.63, 3.8) is 0 Å². The van der Waals surface area contributed by atoms with Gasteiger partial charge in [-0.15, -0.1) is 0 Å². The Hall–Kier alpha value is -3.08. The molecule has 0 saturated carbocycles. The molecule has 0 heterocycles. The molecule has 2 aromatic rings. The zero-order valence-electron chi connectivity index (χ0n) is 12.7. The second kappa shape index (κ2) is 9.04. The number of carbonyl (C=O) groups is 2. The van der Waals surface area contributed by atoms with Gasteiger partial charge in [0.2, 0.25) is 0 Å². The number of aromatic carboxylic acids is 1. The molecule has 2 aromatic carbocycles. The molecule has 23 heavy (non-hydrogen) atoms. The molecule has 0 aliphatic carbocycles. The summed E-state index contributed by atoms with van der Waals surface area (Å²) in [6, 6.07) is 14.9. The van der Waals surface area contributed by atoms with Crippen LogP contribution in [0.1, 0.15) is 22.8 Å². The highest BCUT2D eigenvalue weighted by atomic mass is 16.5. The molecule has 5 nitrogen and oxygen atoms in total. The van der Waals surface area contributed by atoms with E-state index in [1.807, 2.05) is 0 Å². The number of esters is 1. The molecule has 0 radical (unpaired) electrons. The van der Waals surface area contributed by atoms with Crippen LogP contribution in [-0.4, -0.2) is 22.2 Å². The van der Waals surface area contributed by atoms with E-state index in [2.05, 4.69) is 6.58 Å². The standard InChI is InChI=1S/C11H12O3.C7H6O2/c1-8(2)11(13)14-7-9-4-3-5-10(12)6-9;8-7(9)6-4-2-1-3-5-6/h3-6,12H,1,7H2,2H3;1-5H,(H,8,9). The van der Waals surface area contributed by atoms with Crippen molar-refractivity contribution in [1.82, 2.24) is 0 Å². The van der Waals surface area contributed by atoms with Crippen molar-refractivity contribution in [2.75, 3.05) is 0 Å². The lowest BCUT2D eigenvalue weighted by Crippen LogP contribution is -2.04. The Morgan fingerprint density at radius 3 is 2.22 bits per heavy atom. The molecular weight excluding hydrogens is 296 g/mol. The van der Waals surface area contributed by atoms with Crippen molar-refractivity contribution in [1.29, 1.82) is 0 Å². The Kier molecular flexibility index (Phi) is 7.07. The van der Waals surface area contributed by atoms with Crippen LogP contribution in [0, 0.1) is 0 Å². The van der Waals surface area contributed by atoms with Gasteiger partial charge < -0.3 is 14.9 Å². The second-order valence-corrected chi connectivity index (χ2v) is 4.70. The number of benzene rings is 2. The van der Waals surface area contributed by atoms with Crippen LogP contribution in [0.4, 0.5) is 0 Å². The SMILES string of the molecule is C=C(C)C(=O)OCc1cccc(O)c1.O=C(O)c1ccccc1. The van der Waals surface area contributed by atoms with Crippen LogP contribution in [0.5, 0.6) is 5.75 Å². The molecule has 0 fully saturated rings. The molecule has 0 aromatic heterocycles.